The quantitative estimate of drug-likeness (QED) is 0.827. The number of rotatable bonds is 5. The van der Waals surface area contributed by atoms with E-state index in [9.17, 15) is 0 Å². The summed E-state index contributed by atoms with van der Waals surface area (Å²) in [5.74, 6) is 0. The molecule has 1 aliphatic heterocycles. The molecule has 2 unspecified atom stereocenters. The van der Waals surface area contributed by atoms with Crippen LogP contribution in [-0.4, -0.2) is 12.7 Å². The van der Waals surface area contributed by atoms with Crippen LogP contribution in [0.1, 0.15) is 43.7 Å². The van der Waals surface area contributed by atoms with Crippen LogP contribution in [0, 0.1) is 3.57 Å². The second-order valence-electron chi connectivity index (χ2n) is 4.73. The fraction of sp³-hybridized carbons (Fsp3) is 0.571. The predicted molar refractivity (Wildman–Crippen MR) is 78.9 cm³/mol. The summed E-state index contributed by atoms with van der Waals surface area (Å²) >= 11 is 2.33. The van der Waals surface area contributed by atoms with Crippen molar-refractivity contribution in [1.29, 1.82) is 0 Å². The molecule has 2 rings (SSSR count). The fourth-order valence-corrected chi connectivity index (χ4v) is 2.91. The Hall–Kier alpha value is -0.130. The van der Waals surface area contributed by atoms with E-state index in [0.717, 1.165) is 25.9 Å². The zero-order valence-corrected chi connectivity index (χ0v) is 12.2. The second kappa shape index (κ2) is 6.71. The molecule has 94 valence electrons. The summed E-state index contributed by atoms with van der Waals surface area (Å²) in [6.45, 7) is 0.952. The Kier molecular flexibility index (Phi) is 5.25. The van der Waals surface area contributed by atoms with Gasteiger partial charge in [0.1, 0.15) is 0 Å². The third kappa shape index (κ3) is 4.23. The Bertz CT molecular complexity index is 350. The lowest BCUT2D eigenvalue weighted by molar-refractivity contribution is 0.101. The summed E-state index contributed by atoms with van der Waals surface area (Å²) in [5.41, 5.74) is 7.46. The van der Waals surface area contributed by atoms with Crippen molar-refractivity contribution >= 4 is 22.6 Å². The number of nitrogens with two attached hydrogens (primary N) is 1. The van der Waals surface area contributed by atoms with Crippen LogP contribution < -0.4 is 5.73 Å². The summed E-state index contributed by atoms with van der Waals surface area (Å²) in [4.78, 5) is 0. The molecule has 0 aliphatic carbocycles. The Labute approximate surface area is 117 Å². The van der Waals surface area contributed by atoms with Gasteiger partial charge in [0.05, 0.1) is 6.10 Å². The van der Waals surface area contributed by atoms with Crippen molar-refractivity contribution in [2.24, 2.45) is 5.73 Å². The van der Waals surface area contributed by atoms with Crippen LogP contribution in [0.3, 0.4) is 0 Å². The van der Waals surface area contributed by atoms with Crippen molar-refractivity contribution in [3.8, 4) is 0 Å². The van der Waals surface area contributed by atoms with E-state index >= 15 is 0 Å². The first kappa shape index (κ1) is 13.3. The third-order valence-electron chi connectivity index (χ3n) is 3.34. The SMILES string of the molecule is NC(CCCC1CCCO1)c1cccc(I)c1. The van der Waals surface area contributed by atoms with Gasteiger partial charge in [0.2, 0.25) is 0 Å². The molecule has 1 aromatic rings. The molecule has 0 saturated carbocycles. The van der Waals surface area contributed by atoms with E-state index < -0.39 is 0 Å². The lowest BCUT2D eigenvalue weighted by Crippen LogP contribution is -2.12. The molecule has 0 radical (unpaired) electrons. The van der Waals surface area contributed by atoms with Gasteiger partial charge in [-0.3, -0.25) is 0 Å². The molecule has 1 fully saturated rings. The van der Waals surface area contributed by atoms with Gasteiger partial charge >= 0.3 is 0 Å². The Balaban J connectivity index is 1.74. The molecule has 1 aliphatic rings. The molecule has 0 aromatic heterocycles. The second-order valence-corrected chi connectivity index (χ2v) is 5.97. The summed E-state index contributed by atoms with van der Waals surface area (Å²) in [6.07, 6.45) is 6.35. The minimum atomic E-state index is 0.172. The number of halogens is 1. The highest BCUT2D eigenvalue weighted by molar-refractivity contribution is 14.1. The van der Waals surface area contributed by atoms with E-state index in [-0.39, 0.29) is 6.04 Å². The first-order chi connectivity index (χ1) is 8.25. The van der Waals surface area contributed by atoms with Gasteiger partial charge in [-0.15, -0.1) is 0 Å². The zero-order valence-electron chi connectivity index (χ0n) is 10.1. The van der Waals surface area contributed by atoms with Gasteiger partial charge in [-0.25, -0.2) is 0 Å². The Morgan fingerprint density at radius 3 is 3.06 bits per heavy atom. The summed E-state index contributed by atoms with van der Waals surface area (Å²) < 4.78 is 6.88. The van der Waals surface area contributed by atoms with Crippen molar-refractivity contribution in [3.05, 3.63) is 33.4 Å². The minimum Gasteiger partial charge on any atom is -0.378 e. The van der Waals surface area contributed by atoms with Crippen LogP contribution in [-0.2, 0) is 4.74 Å². The van der Waals surface area contributed by atoms with Gasteiger partial charge in [-0.1, -0.05) is 12.1 Å². The molecule has 2 N–H and O–H groups in total. The van der Waals surface area contributed by atoms with Gasteiger partial charge in [0.15, 0.2) is 0 Å². The summed E-state index contributed by atoms with van der Waals surface area (Å²) in [7, 11) is 0. The normalized spacial score (nSPS) is 21.6. The lowest BCUT2D eigenvalue weighted by atomic mass is 10.0. The predicted octanol–water partition coefficient (Wildman–Crippen LogP) is 3.64. The van der Waals surface area contributed by atoms with Crippen LogP contribution in [0.5, 0.6) is 0 Å². The maximum absolute atomic E-state index is 6.20. The van der Waals surface area contributed by atoms with Gasteiger partial charge < -0.3 is 10.5 Å². The van der Waals surface area contributed by atoms with Gasteiger partial charge in [-0.05, 0) is 72.4 Å². The smallest absolute Gasteiger partial charge is 0.0576 e. The average molecular weight is 345 g/mol. The van der Waals surface area contributed by atoms with Crippen LogP contribution in [0.4, 0.5) is 0 Å². The maximum Gasteiger partial charge on any atom is 0.0576 e. The maximum atomic E-state index is 6.20. The molecule has 0 spiro atoms. The molecular weight excluding hydrogens is 325 g/mol. The number of benzene rings is 1. The van der Waals surface area contributed by atoms with Crippen LogP contribution in [0.2, 0.25) is 0 Å². The van der Waals surface area contributed by atoms with Gasteiger partial charge in [0.25, 0.3) is 0 Å². The highest BCUT2D eigenvalue weighted by Gasteiger charge is 2.15. The van der Waals surface area contributed by atoms with Crippen LogP contribution in [0.15, 0.2) is 24.3 Å². The molecule has 0 amide bonds. The van der Waals surface area contributed by atoms with E-state index in [0.29, 0.717) is 6.10 Å². The third-order valence-corrected chi connectivity index (χ3v) is 4.01. The van der Waals surface area contributed by atoms with Gasteiger partial charge in [-0.2, -0.15) is 0 Å². The number of ether oxygens (including phenoxy) is 1. The van der Waals surface area contributed by atoms with E-state index in [1.807, 2.05) is 0 Å². The molecule has 0 bridgehead atoms. The lowest BCUT2D eigenvalue weighted by Gasteiger charge is -2.14. The van der Waals surface area contributed by atoms with E-state index in [1.54, 1.807) is 0 Å². The van der Waals surface area contributed by atoms with Crippen molar-refractivity contribution in [2.45, 2.75) is 44.2 Å². The Morgan fingerprint density at radius 1 is 1.47 bits per heavy atom. The molecule has 2 nitrogen and oxygen atoms in total. The largest absolute Gasteiger partial charge is 0.378 e. The van der Waals surface area contributed by atoms with E-state index in [4.69, 9.17) is 10.5 Å². The zero-order chi connectivity index (χ0) is 12.1. The molecular formula is C14H20INO. The highest BCUT2D eigenvalue weighted by Crippen LogP contribution is 2.22. The van der Waals surface area contributed by atoms with E-state index in [2.05, 4.69) is 46.9 Å². The fourth-order valence-electron chi connectivity index (χ4n) is 2.34. The minimum absolute atomic E-state index is 0.172. The van der Waals surface area contributed by atoms with Crippen LogP contribution >= 0.6 is 22.6 Å². The summed E-state index contributed by atoms with van der Waals surface area (Å²) in [6, 6.07) is 8.65. The van der Waals surface area contributed by atoms with E-state index in [1.165, 1.54) is 22.0 Å². The van der Waals surface area contributed by atoms with Gasteiger partial charge in [0, 0.05) is 16.2 Å². The van der Waals surface area contributed by atoms with Crippen molar-refractivity contribution < 1.29 is 4.74 Å². The first-order valence-electron chi connectivity index (χ1n) is 6.38. The number of hydrogen-bond acceptors (Lipinski definition) is 2. The Morgan fingerprint density at radius 2 is 2.35 bits per heavy atom. The molecule has 1 heterocycles. The van der Waals surface area contributed by atoms with Crippen molar-refractivity contribution in [2.75, 3.05) is 6.61 Å². The van der Waals surface area contributed by atoms with Crippen LogP contribution in [0.25, 0.3) is 0 Å². The average Bonchev–Trinajstić information content (AvgIpc) is 2.82. The number of hydrogen-bond donors (Lipinski definition) is 1. The van der Waals surface area contributed by atoms with Crippen molar-refractivity contribution in [3.63, 3.8) is 0 Å². The molecule has 1 saturated heterocycles. The summed E-state index contributed by atoms with van der Waals surface area (Å²) in [5, 5.41) is 0. The van der Waals surface area contributed by atoms with Crippen molar-refractivity contribution in [1.82, 2.24) is 0 Å². The topological polar surface area (TPSA) is 35.2 Å². The molecule has 17 heavy (non-hydrogen) atoms. The molecule has 2 atom stereocenters. The standard InChI is InChI=1S/C14H20INO/c15-12-5-1-4-11(10-12)14(16)8-2-6-13-7-3-9-17-13/h1,4-5,10,13-14H,2-3,6-9,16H2. The monoisotopic (exact) mass is 345 g/mol. The first-order valence-corrected chi connectivity index (χ1v) is 7.46. The highest BCUT2D eigenvalue weighted by atomic mass is 127. The molecule has 3 heteroatoms. The molecule has 1 aromatic carbocycles.